The van der Waals surface area contributed by atoms with Gasteiger partial charge in [0, 0.05) is 0 Å². The van der Waals surface area contributed by atoms with Crippen LogP contribution in [0.3, 0.4) is 0 Å². The number of hydrogen-bond donors (Lipinski definition) is 1. The van der Waals surface area contributed by atoms with E-state index in [1.807, 2.05) is 0 Å². The normalized spacial score (nSPS) is 15.7. The van der Waals surface area contributed by atoms with Crippen LogP contribution < -0.4 is 32.5 Å². The largest absolute Gasteiger partial charge is 1.00 e. The SMILES string of the molecule is C[SiH](C)[Ti+2]([NH]C1CCCCC1)[c]1cccc2c1Cc1ccccc1-2.[Cl-].[Cl-]. The Hall–Kier alpha value is -0.0888. The summed E-state index contributed by atoms with van der Waals surface area (Å²) in [7, 11) is 0. The van der Waals surface area contributed by atoms with Gasteiger partial charge in [0.05, 0.1) is 0 Å². The molecular weight excluding hydrogens is 413 g/mol. The van der Waals surface area contributed by atoms with Crippen molar-refractivity contribution in [1.29, 1.82) is 0 Å². The Kier molecular flexibility index (Phi) is 8.46. The quantitative estimate of drug-likeness (QED) is 0.478. The van der Waals surface area contributed by atoms with Crippen molar-refractivity contribution in [2.45, 2.75) is 57.7 Å². The molecule has 139 valence electrons. The van der Waals surface area contributed by atoms with Gasteiger partial charge in [-0.3, -0.25) is 0 Å². The summed E-state index contributed by atoms with van der Waals surface area (Å²) in [5, 5.41) is 0. The standard InChI is InChI=1S/C13H9.C6H12N.C2H7Si.2ClH.Ti/c1-3-7-12-10(5-1)9-11-6-2-4-8-13(11)12;7-6-4-2-1-3-5-6;1-3-2;;;/h1-5,7-8H,9H2;6-7H,1-5H2;3H,1-2H3;2*1H;/q;-1;;;;+3/p-2. The van der Waals surface area contributed by atoms with Crippen molar-refractivity contribution in [3.8, 4) is 11.1 Å². The molecule has 2 aromatic rings. The third kappa shape index (κ3) is 4.48. The summed E-state index contributed by atoms with van der Waals surface area (Å²) in [5.41, 5.74) is 6.20. The van der Waals surface area contributed by atoms with Gasteiger partial charge in [-0.05, 0) is 0 Å². The molecule has 0 bridgehead atoms. The average molecular weight is 441 g/mol. The molecule has 5 heteroatoms. The van der Waals surface area contributed by atoms with Crippen LogP contribution in [-0.4, -0.2) is 12.7 Å². The van der Waals surface area contributed by atoms with Crippen molar-refractivity contribution in [2.75, 3.05) is 0 Å². The van der Waals surface area contributed by atoms with Crippen molar-refractivity contribution in [2.24, 2.45) is 0 Å². The van der Waals surface area contributed by atoms with Gasteiger partial charge in [-0.2, -0.15) is 0 Å². The van der Waals surface area contributed by atoms with Crippen LogP contribution >= 0.6 is 0 Å². The number of rotatable bonds is 4. The van der Waals surface area contributed by atoms with E-state index in [4.69, 9.17) is 0 Å². The third-order valence-electron chi connectivity index (χ3n) is 5.68. The van der Waals surface area contributed by atoms with Crippen LogP contribution in [0.1, 0.15) is 43.2 Å². The zero-order chi connectivity index (χ0) is 16.5. The molecule has 0 heterocycles. The zero-order valence-electron chi connectivity index (χ0n) is 15.7. The number of benzene rings is 2. The number of fused-ring (bicyclic) bond motifs is 3. The molecule has 1 fully saturated rings. The fourth-order valence-corrected chi connectivity index (χ4v) is 14.6. The summed E-state index contributed by atoms with van der Waals surface area (Å²) in [6, 6.07) is 17.0. The van der Waals surface area contributed by atoms with E-state index in [1.54, 1.807) is 9.43 Å². The van der Waals surface area contributed by atoms with Gasteiger partial charge >= 0.3 is 154 Å². The Morgan fingerprint density at radius 1 is 0.885 bits per heavy atom. The van der Waals surface area contributed by atoms with Crippen molar-refractivity contribution in [1.82, 2.24) is 3.80 Å². The first-order valence-electron chi connectivity index (χ1n) is 9.58. The predicted molar refractivity (Wildman–Crippen MR) is 103 cm³/mol. The average Bonchev–Trinajstić information content (AvgIpc) is 2.99. The van der Waals surface area contributed by atoms with Crippen molar-refractivity contribution < 1.29 is 42.2 Å². The summed E-state index contributed by atoms with van der Waals surface area (Å²) in [6.07, 6.45) is 8.29. The van der Waals surface area contributed by atoms with E-state index < -0.39 is 24.0 Å². The van der Waals surface area contributed by atoms with E-state index in [0.717, 1.165) is 12.5 Å². The summed E-state index contributed by atoms with van der Waals surface area (Å²) in [4.78, 5) is 0. The van der Waals surface area contributed by atoms with Crippen molar-refractivity contribution in [3.63, 3.8) is 0 Å². The molecule has 0 spiro atoms. The molecule has 2 aromatic carbocycles. The van der Waals surface area contributed by atoms with Gasteiger partial charge in [0.15, 0.2) is 0 Å². The Morgan fingerprint density at radius 3 is 2.31 bits per heavy atom. The second kappa shape index (κ2) is 9.91. The Bertz CT molecular complexity index is 732. The first-order chi connectivity index (χ1) is 11.7. The maximum Gasteiger partial charge on any atom is -1.00 e. The Morgan fingerprint density at radius 2 is 1.58 bits per heavy atom. The van der Waals surface area contributed by atoms with Gasteiger partial charge in [0.25, 0.3) is 0 Å². The second-order valence-electron chi connectivity index (χ2n) is 7.71. The smallest absolute Gasteiger partial charge is 1.00 e. The van der Waals surface area contributed by atoms with E-state index >= 15 is 0 Å². The topological polar surface area (TPSA) is 12.0 Å². The molecule has 4 rings (SSSR count). The molecular formula is C21H28Cl2NSiTi. The van der Waals surface area contributed by atoms with E-state index in [1.165, 1.54) is 48.8 Å². The van der Waals surface area contributed by atoms with Crippen molar-refractivity contribution >= 4 is 10.5 Å². The molecule has 0 amide bonds. The van der Waals surface area contributed by atoms with Gasteiger partial charge in [0.1, 0.15) is 0 Å². The molecule has 0 atom stereocenters. The van der Waals surface area contributed by atoms with Gasteiger partial charge < -0.3 is 24.8 Å². The summed E-state index contributed by atoms with van der Waals surface area (Å²) in [6.45, 7) is 4.49. The molecule has 0 radical (unpaired) electrons. The van der Waals surface area contributed by atoms with E-state index in [0.29, 0.717) is 0 Å². The van der Waals surface area contributed by atoms with Crippen LogP contribution in [0.5, 0.6) is 0 Å². The van der Waals surface area contributed by atoms with Crippen LogP contribution in [0, 0.1) is 0 Å². The number of halogens is 2. The summed E-state index contributed by atoms with van der Waals surface area (Å²) >= 11 is -1.35. The van der Waals surface area contributed by atoms with E-state index in [9.17, 15) is 0 Å². The first kappa shape index (κ1) is 22.2. The van der Waals surface area contributed by atoms with Gasteiger partial charge in [-0.1, -0.05) is 0 Å². The molecule has 0 saturated heterocycles. The predicted octanol–water partition coefficient (Wildman–Crippen LogP) is -1.67. The first-order valence-corrected chi connectivity index (χ1v) is 16.7. The molecule has 0 aromatic heterocycles. The third-order valence-corrected chi connectivity index (χ3v) is 17.0. The zero-order valence-corrected chi connectivity index (χ0v) is 19.9. The molecule has 2 aliphatic rings. The van der Waals surface area contributed by atoms with Crippen LogP contribution in [0.4, 0.5) is 0 Å². The molecule has 2 aliphatic carbocycles. The van der Waals surface area contributed by atoms with E-state index in [-0.39, 0.29) is 24.8 Å². The summed E-state index contributed by atoms with van der Waals surface area (Å²) < 4.78 is 6.02. The minimum Gasteiger partial charge on any atom is -1.00 e. The summed E-state index contributed by atoms with van der Waals surface area (Å²) in [5.74, 6) is 0. The molecule has 0 unspecified atom stereocenters. The fraction of sp³-hybridized carbons (Fsp3) is 0.429. The molecule has 1 saturated carbocycles. The maximum absolute atomic E-state index is 4.26. The Labute approximate surface area is 178 Å². The van der Waals surface area contributed by atoms with Crippen LogP contribution in [-0.2, 0) is 23.8 Å². The Balaban J connectivity index is 0.00000121. The monoisotopic (exact) mass is 440 g/mol. The van der Waals surface area contributed by atoms with Crippen molar-refractivity contribution in [3.05, 3.63) is 53.6 Å². The minimum absolute atomic E-state index is 0. The van der Waals surface area contributed by atoms with Crippen LogP contribution in [0.2, 0.25) is 13.1 Å². The molecule has 1 N–H and O–H groups in total. The maximum atomic E-state index is 4.26. The fourth-order valence-electron chi connectivity index (χ4n) is 4.43. The van der Waals surface area contributed by atoms with Gasteiger partial charge in [-0.15, -0.1) is 0 Å². The molecule has 26 heavy (non-hydrogen) atoms. The van der Waals surface area contributed by atoms with Gasteiger partial charge in [-0.25, -0.2) is 0 Å². The molecule has 0 aliphatic heterocycles. The van der Waals surface area contributed by atoms with Crippen LogP contribution in [0.25, 0.3) is 11.1 Å². The van der Waals surface area contributed by atoms with E-state index in [2.05, 4.69) is 59.4 Å². The van der Waals surface area contributed by atoms with Crippen LogP contribution in [0.15, 0.2) is 42.5 Å². The minimum atomic E-state index is -1.35. The number of hydrogen-bond acceptors (Lipinski definition) is 1. The molecule has 1 nitrogen and oxygen atoms in total. The second-order valence-corrected chi connectivity index (χ2v) is 20.4. The van der Waals surface area contributed by atoms with Gasteiger partial charge in [0.2, 0.25) is 0 Å². The number of nitrogens with one attached hydrogen (secondary N) is 1.